The van der Waals surface area contributed by atoms with E-state index in [4.69, 9.17) is 16.1 Å². The Hall–Kier alpha value is -2.73. The lowest BCUT2D eigenvalue weighted by Crippen LogP contribution is -2.24. The van der Waals surface area contributed by atoms with Gasteiger partial charge < -0.3 is 9.42 Å². The summed E-state index contributed by atoms with van der Waals surface area (Å²) in [6, 6.07) is 12.8. The Balaban J connectivity index is 1.55. The zero-order valence-electron chi connectivity index (χ0n) is 13.5. The summed E-state index contributed by atoms with van der Waals surface area (Å²) >= 11 is 5.91. The molecule has 0 N–H and O–H groups in total. The van der Waals surface area contributed by atoms with Crippen LogP contribution in [0.1, 0.15) is 23.9 Å². The van der Waals surface area contributed by atoms with Gasteiger partial charge in [0.1, 0.15) is 5.69 Å². The van der Waals surface area contributed by atoms with Crippen LogP contribution in [-0.4, -0.2) is 27.6 Å². The van der Waals surface area contributed by atoms with Crippen LogP contribution in [0.5, 0.6) is 0 Å². The third kappa shape index (κ3) is 3.13. The first-order valence-corrected chi connectivity index (χ1v) is 8.31. The standard InChI is InChI=1S/C18H15ClN4O2/c1-11-3-2-4-15(20-11)17-21-18(25-22-17)12-9-16(24)23(10-12)14-7-5-13(19)6-8-14/h2-8,12H,9-10H2,1H3. The van der Waals surface area contributed by atoms with Crippen molar-refractivity contribution in [2.45, 2.75) is 19.3 Å². The average Bonchev–Trinajstić information content (AvgIpc) is 3.23. The minimum Gasteiger partial charge on any atom is -0.339 e. The first kappa shape index (κ1) is 15.8. The number of halogens is 1. The third-order valence-electron chi connectivity index (χ3n) is 4.17. The second-order valence-corrected chi connectivity index (χ2v) is 6.44. The molecule has 25 heavy (non-hydrogen) atoms. The molecule has 4 rings (SSSR count). The van der Waals surface area contributed by atoms with Crippen molar-refractivity contribution < 1.29 is 9.32 Å². The molecule has 1 aliphatic heterocycles. The molecular weight excluding hydrogens is 340 g/mol. The number of anilines is 1. The molecule has 1 aliphatic rings. The highest BCUT2D eigenvalue weighted by molar-refractivity contribution is 6.30. The number of benzene rings is 1. The Bertz CT molecular complexity index is 923. The highest BCUT2D eigenvalue weighted by Gasteiger charge is 2.35. The van der Waals surface area contributed by atoms with Gasteiger partial charge in [0.05, 0.1) is 5.92 Å². The number of hydrogen-bond donors (Lipinski definition) is 0. The van der Waals surface area contributed by atoms with Gasteiger partial charge in [0.15, 0.2) is 0 Å². The maximum Gasteiger partial charge on any atom is 0.232 e. The quantitative estimate of drug-likeness (QED) is 0.718. The van der Waals surface area contributed by atoms with Crippen LogP contribution >= 0.6 is 11.6 Å². The minimum atomic E-state index is -0.130. The molecule has 0 radical (unpaired) electrons. The molecule has 0 bridgehead atoms. The summed E-state index contributed by atoms with van der Waals surface area (Å²) in [4.78, 5) is 22.9. The van der Waals surface area contributed by atoms with Crippen LogP contribution in [0, 0.1) is 6.92 Å². The molecule has 7 heteroatoms. The van der Waals surface area contributed by atoms with E-state index in [-0.39, 0.29) is 11.8 Å². The summed E-state index contributed by atoms with van der Waals surface area (Å²) < 4.78 is 5.39. The van der Waals surface area contributed by atoms with Crippen LogP contribution in [0.25, 0.3) is 11.5 Å². The molecule has 1 unspecified atom stereocenters. The molecule has 0 saturated carbocycles. The lowest BCUT2D eigenvalue weighted by molar-refractivity contribution is -0.117. The van der Waals surface area contributed by atoms with Gasteiger partial charge >= 0.3 is 0 Å². The van der Waals surface area contributed by atoms with Crippen molar-refractivity contribution in [3.63, 3.8) is 0 Å². The molecule has 2 aromatic heterocycles. The number of nitrogens with zero attached hydrogens (tertiary/aromatic N) is 4. The van der Waals surface area contributed by atoms with Crippen LogP contribution in [0.4, 0.5) is 5.69 Å². The predicted molar refractivity (Wildman–Crippen MR) is 93.4 cm³/mol. The molecule has 0 aliphatic carbocycles. The summed E-state index contributed by atoms with van der Waals surface area (Å²) in [6.45, 7) is 2.41. The van der Waals surface area contributed by atoms with Gasteiger partial charge in [0.2, 0.25) is 17.6 Å². The van der Waals surface area contributed by atoms with Crippen molar-refractivity contribution >= 4 is 23.2 Å². The normalized spacial score (nSPS) is 17.3. The van der Waals surface area contributed by atoms with Crippen LogP contribution in [-0.2, 0) is 4.79 Å². The molecule has 3 aromatic rings. The fraction of sp³-hybridized carbons (Fsp3) is 0.222. The Morgan fingerprint density at radius 3 is 2.72 bits per heavy atom. The highest BCUT2D eigenvalue weighted by atomic mass is 35.5. The topological polar surface area (TPSA) is 72.1 Å². The zero-order chi connectivity index (χ0) is 17.4. The SMILES string of the molecule is Cc1cccc(-c2noc(C3CC(=O)N(c4ccc(Cl)cc4)C3)n2)n1. The highest BCUT2D eigenvalue weighted by Crippen LogP contribution is 2.32. The summed E-state index contributed by atoms with van der Waals surface area (Å²) in [7, 11) is 0. The zero-order valence-corrected chi connectivity index (χ0v) is 14.3. The Labute approximate surface area is 149 Å². The number of carbonyl (C=O) groups excluding carboxylic acids is 1. The average molecular weight is 355 g/mol. The van der Waals surface area contributed by atoms with Crippen molar-refractivity contribution in [1.29, 1.82) is 0 Å². The molecular formula is C18H15ClN4O2. The maximum absolute atomic E-state index is 12.4. The third-order valence-corrected chi connectivity index (χ3v) is 4.42. The van der Waals surface area contributed by atoms with Crippen molar-refractivity contribution in [2.24, 2.45) is 0 Å². The van der Waals surface area contributed by atoms with E-state index in [1.165, 1.54) is 0 Å². The predicted octanol–water partition coefficient (Wildman–Crippen LogP) is 3.61. The number of aryl methyl sites for hydroxylation is 1. The van der Waals surface area contributed by atoms with Gasteiger partial charge in [-0.1, -0.05) is 22.8 Å². The second kappa shape index (κ2) is 6.29. The molecule has 1 fully saturated rings. The first-order valence-electron chi connectivity index (χ1n) is 7.94. The van der Waals surface area contributed by atoms with E-state index in [1.807, 2.05) is 37.3 Å². The number of aromatic nitrogens is 3. The van der Waals surface area contributed by atoms with Gasteiger partial charge in [0, 0.05) is 29.4 Å². The van der Waals surface area contributed by atoms with E-state index >= 15 is 0 Å². The number of rotatable bonds is 3. The van der Waals surface area contributed by atoms with Gasteiger partial charge in [-0.15, -0.1) is 0 Å². The molecule has 3 heterocycles. The second-order valence-electron chi connectivity index (χ2n) is 6.00. The summed E-state index contributed by atoms with van der Waals surface area (Å²) in [5.74, 6) is 0.800. The fourth-order valence-electron chi connectivity index (χ4n) is 2.92. The van der Waals surface area contributed by atoms with Gasteiger partial charge in [-0.25, -0.2) is 4.98 Å². The molecule has 1 saturated heterocycles. The van der Waals surface area contributed by atoms with Gasteiger partial charge in [-0.05, 0) is 43.3 Å². The van der Waals surface area contributed by atoms with E-state index in [1.54, 1.807) is 17.0 Å². The van der Waals surface area contributed by atoms with Crippen LogP contribution in [0.2, 0.25) is 5.02 Å². The van der Waals surface area contributed by atoms with E-state index in [0.717, 1.165) is 11.4 Å². The number of carbonyl (C=O) groups is 1. The molecule has 1 atom stereocenters. The van der Waals surface area contributed by atoms with E-state index < -0.39 is 0 Å². The molecule has 1 amide bonds. The van der Waals surface area contributed by atoms with E-state index in [2.05, 4.69) is 15.1 Å². The van der Waals surface area contributed by atoms with Gasteiger partial charge in [-0.3, -0.25) is 4.79 Å². The van der Waals surface area contributed by atoms with Gasteiger partial charge in [-0.2, -0.15) is 4.98 Å². The minimum absolute atomic E-state index is 0.0285. The summed E-state index contributed by atoms with van der Waals surface area (Å²) in [5, 5.41) is 4.65. The monoisotopic (exact) mass is 354 g/mol. The van der Waals surface area contributed by atoms with Crippen molar-refractivity contribution in [2.75, 3.05) is 11.4 Å². The summed E-state index contributed by atoms with van der Waals surface area (Å²) in [5.41, 5.74) is 2.36. The van der Waals surface area contributed by atoms with E-state index in [9.17, 15) is 4.79 Å². The van der Waals surface area contributed by atoms with Crippen LogP contribution < -0.4 is 4.90 Å². The molecule has 126 valence electrons. The number of pyridine rings is 1. The fourth-order valence-corrected chi connectivity index (χ4v) is 3.04. The largest absolute Gasteiger partial charge is 0.339 e. The first-order chi connectivity index (χ1) is 12.1. The Kier molecular flexibility index (Phi) is 3.97. The van der Waals surface area contributed by atoms with Gasteiger partial charge in [0.25, 0.3) is 0 Å². The van der Waals surface area contributed by atoms with Crippen LogP contribution in [0.15, 0.2) is 47.0 Å². The van der Waals surface area contributed by atoms with Crippen molar-refractivity contribution in [1.82, 2.24) is 15.1 Å². The lowest BCUT2D eigenvalue weighted by atomic mass is 10.1. The number of hydrogen-bond acceptors (Lipinski definition) is 5. The lowest BCUT2D eigenvalue weighted by Gasteiger charge is -2.15. The molecule has 0 spiro atoms. The number of amides is 1. The van der Waals surface area contributed by atoms with Crippen LogP contribution in [0.3, 0.4) is 0 Å². The van der Waals surface area contributed by atoms with E-state index in [0.29, 0.717) is 35.4 Å². The molecule has 1 aromatic carbocycles. The maximum atomic E-state index is 12.4. The summed E-state index contributed by atoms with van der Waals surface area (Å²) in [6.07, 6.45) is 0.339. The Morgan fingerprint density at radius 2 is 1.96 bits per heavy atom. The van der Waals surface area contributed by atoms with Crippen molar-refractivity contribution in [3.8, 4) is 11.5 Å². The van der Waals surface area contributed by atoms with Crippen molar-refractivity contribution in [3.05, 3.63) is 59.1 Å². The smallest absolute Gasteiger partial charge is 0.232 e. The Morgan fingerprint density at radius 1 is 1.16 bits per heavy atom. The molecule has 6 nitrogen and oxygen atoms in total.